The summed E-state index contributed by atoms with van der Waals surface area (Å²) in [7, 11) is 1.64. The molecular formula is C16H15N3O2. The Kier molecular flexibility index (Phi) is 3.64. The average Bonchev–Trinajstić information content (AvgIpc) is 2.55. The van der Waals surface area contributed by atoms with Gasteiger partial charge in [-0.15, -0.1) is 0 Å². The van der Waals surface area contributed by atoms with E-state index in [2.05, 4.69) is 9.97 Å². The minimum Gasteiger partial charge on any atom is -0.497 e. The van der Waals surface area contributed by atoms with Gasteiger partial charge in [0.2, 0.25) is 0 Å². The van der Waals surface area contributed by atoms with Crippen molar-refractivity contribution in [2.75, 3.05) is 7.11 Å². The van der Waals surface area contributed by atoms with E-state index in [1.807, 2.05) is 24.3 Å². The van der Waals surface area contributed by atoms with E-state index in [4.69, 9.17) is 4.74 Å². The lowest BCUT2D eigenvalue weighted by Crippen LogP contribution is -2.21. The fraction of sp³-hybridized carbons (Fsp3) is 0.188. The molecule has 0 aliphatic rings. The van der Waals surface area contributed by atoms with Crippen molar-refractivity contribution in [1.82, 2.24) is 14.5 Å². The van der Waals surface area contributed by atoms with Gasteiger partial charge in [0.1, 0.15) is 5.75 Å². The van der Waals surface area contributed by atoms with Gasteiger partial charge in [0.25, 0.3) is 5.56 Å². The van der Waals surface area contributed by atoms with Crippen molar-refractivity contribution in [2.24, 2.45) is 0 Å². The standard InChI is InChI=1S/C16H15N3O2/c1-21-13-4-2-12(3-5-13)7-9-19-11-18-15-10-17-8-6-14(15)16(19)20/h2-6,8,10-11H,7,9H2,1H3. The predicted octanol–water partition coefficient (Wildman–Crippen LogP) is 2.04. The molecular weight excluding hydrogens is 266 g/mol. The number of fused-ring (bicyclic) bond motifs is 1. The lowest BCUT2D eigenvalue weighted by molar-refractivity contribution is 0.414. The molecule has 0 saturated carbocycles. The molecule has 0 saturated heterocycles. The normalized spacial score (nSPS) is 10.7. The summed E-state index contributed by atoms with van der Waals surface area (Å²) >= 11 is 0. The van der Waals surface area contributed by atoms with Crippen molar-refractivity contribution in [3.05, 3.63) is 65.0 Å². The first kappa shape index (κ1) is 13.3. The lowest BCUT2D eigenvalue weighted by atomic mass is 10.1. The van der Waals surface area contributed by atoms with Gasteiger partial charge in [-0.2, -0.15) is 0 Å². The number of hydrogen-bond donors (Lipinski definition) is 0. The quantitative estimate of drug-likeness (QED) is 0.734. The third kappa shape index (κ3) is 2.76. The van der Waals surface area contributed by atoms with Crippen molar-refractivity contribution >= 4 is 10.9 Å². The molecule has 3 rings (SSSR count). The van der Waals surface area contributed by atoms with Gasteiger partial charge in [-0.3, -0.25) is 14.3 Å². The summed E-state index contributed by atoms with van der Waals surface area (Å²) in [6.07, 6.45) is 5.56. The second-order valence-electron chi connectivity index (χ2n) is 4.73. The second-order valence-corrected chi connectivity index (χ2v) is 4.73. The monoisotopic (exact) mass is 281 g/mol. The molecule has 0 amide bonds. The molecule has 0 unspecified atom stereocenters. The number of benzene rings is 1. The van der Waals surface area contributed by atoms with Crippen LogP contribution in [0.3, 0.4) is 0 Å². The number of aryl methyl sites for hydroxylation is 2. The average molecular weight is 281 g/mol. The zero-order chi connectivity index (χ0) is 14.7. The number of methoxy groups -OCH3 is 1. The zero-order valence-electron chi connectivity index (χ0n) is 11.7. The van der Waals surface area contributed by atoms with Crippen molar-refractivity contribution < 1.29 is 4.74 Å². The number of aromatic nitrogens is 3. The smallest absolute Gasteiger partial charge is 0.261 e. The van der Waals surface area contributed by atoms with Crippen LogP contribution in [-0.4, -0.2) is 21.6 Å². The molecule has 0 atom stereocenters. The van der Waals surface area contributed by atoms with Crippen LogP contribution < -0.4 is 10.3 Å². The summed E-state index contributed by atoms with van der Waals surface area (Å²) in [6, 6.07) is 9.55. The van der Waals surface area contributed by atoms with E-state index < -0.39 is 0 Å². The summed E-state index contributed by atoms with van der Waals surface area (Å²) in [6.45, 7) is 0.594. The highest BCUT2D eigenvalue weighted by Gasteiger charge is 2.04. The third-order valence-corrected chi connectivity index (χ3v) is 3.43. The van der Waals surface area contributed by atoms with Crippen molar-refractivity contribution in [3.63, 3.8) is 0 Å². The molecule has 0 fully saturated rings. The van der Waals surface area contributed by atoms with Crippen molar-refractivity contribution in [2.45, 2.75) is 13.0 Å². The largest absolute Gasteiger partial charge is 0.497 e. The Balaban J connectivity index is 1.81. The highest BCUT2D eigenvalue weighted by atomic mass is 16.5. The maximum atomic E-state index is 12.3. The Morgan fingerprint density at radius 1 is 1.19 bits per heavy atom. The SMILES string of the molecule is COc1ccc(CCn2cnc3cnccc3c2=O)cc1. The predicted molar refractivity (Wildman–Crippen MR) is 80.5 cm³/mol. The van der Waals surface area contributed by atoms with Crippen LogP contribution in [0.1, 0.15) is 5.56 Å². The van der Waals surface area contributed by atoms with Gasteiger partial charge in [0.05, 0.1) is 30.5 Å². The van der Waals surface area contributed by atoms with Crippen LogP contribution in [0.2, 0.25) is 0 Å². The van der Waals surface area contributed by atoms with E-state index in [1.54, 1.807) is 36.5 Å². The first-order valence-corrected chi connectivity index (χ1v) is 6.70. The van der Waals surface area contributed by atoms with E-state index in [0.29, 0.717) is 17.4 Å². The van der Waals surface area contributed by atoms with Gasteiger partial charge in [0, 0.05) is 12.7 Å². The van der Waals surface area contributed by atoms with E-state index >= 15 is 0 Å². The van der Waals surface area contributed by atoms with Gasteiger partial charge in [-0.25, -0.2) is 4.98 Å². The fourth-order valence-corrected chi connectivity index (χ4v) is 2.21. The molecule has 0 aliphatic heterocycles. The molecule has 1 aromatic carbocycles. The van der Waals surface area contributed by atoms with E-state index in [1.165, 1.54) is 0 Å². The van der Waals surface area contributed by atoms with E-state index in [9.17, 15) is 4.79 Å². The van der Waals surface area contributed by atoms with E-state index in [0.717, 1.165) is 17.7 Å². The third-order valence-electron chi connectivity index (χ3n) is 3.43. The second kappa shape index (κ2) is 5.75. The summed E-state index contributed by atoms with van der Waals surface area (Å²) in [4.78, 5) is 20.6. The summed E-state index contributed by atoms with van der Waals surface area (Å²) in [5.74, 6) is 0.829. The Bertz CT molecular complexity index is 810. The molecule has 5 heteroatoms. The first-order valence-electron chi connectivity index (χ1n) is 6.70. The maximum absolute atomic E-state index is 12.3. The fourth-order valence-electron chi connectivity index (χ4n) is 2.21. The summed E-state index contributed by atoms with van der Waals surface area (Å²) in [5.41, 5.74) is 1.75. The Morgan fingerprint density at radius 2 is 2.00 bits per heavy atom. The highest BCUT2D eigenvalue weighted by molar-refractivity contribution is 5.75. The molecule has 2 aromatic heterocycles. The lowest BCUT2D eigenvalue weighted by Gasteiger charge is -2.07. The first-order chi connectivity index (χ1) is 10.3. The number of hydrogen-bond acceptors (Lipinski definition) is 4. The minimum absolute atomic E-state index is 0.0316. The Morgan fingerprint density at radius 3 is 2.76 bits per heavy atom. The van der Waals surface area contributed by atoms with Crippen LogP contribution in [0.5, 0.6) is 5.75 Å². The Hall–Kier alpha value is -2.69. The van der Waals surface area contributed by atoms with Crippen LogP contribution in [0, 0.1) is 0 Å². The van der Waals surface area contributed by atoms with Gasteiger partial charge < -0.3 is 4.74 Å². The summed E-state index contributed by atoms with van der Waals surface area (Å²) < 4.78 is 6.76. The number of pyridine rings is 1. The van der Waals surface area contributed by atoms with Crippen LogP contribution in [0.25, 0.3) is 10.9 Å². The van der Waals surface area contributed by atoms with Crippen LogP contribution >= 0.6 is 0 Å². The molecule has 0 spiro atoms. The molecule has 0 N–H and O–H groups in total. The molecule has 5 nitrogen and oxygen atoms in total. The summed E-state index contributed by atoms with van der Waals surface area (Å²) in [5, 5.41) is 0.599. The van der Waals surface area contributed by atoms with Crippen molar-refractivity contribution in [1.29, 1.82) is 0 Å². The van der Waals surface area contributed by atoms with Crippen LogP contribution in [0.4, 0.5) is 0 Å². The molecule has 0 bridgehead atoms. The van der Waals surface area contributed by atoms with Crippen LogP contribution in [-0.2, 0) is 13.0 Å². The topological polar surface area (TPSA) is 57.0 Å². The van der Waals surface area contributed by atoms with Gasteiger partial charge in [0.15, 0.2) is 0 Å². The molecule has 2 heterocycles. The maximum Gasteiger partial charge on any atom is 0.261 e. The van der Waals surface area contributed by atoms with Gasteiger partial charge in [-0.1, -0.05) is 12.1 Å². The number of ether oxygens (including phenoxy) is 1. The molecule has 0 aliphatic carbocycles. The number of rotatable bonds is 4. The Labute approximate surface area is 121 Å². The zero-order valence-corrected chi connectivity index (χ0v) is 11.7. The van der Waals surface area contributed by atoms with Gasteiger partial charge >= 0.3 is 0 Å². The van der Waals surface area contributed by atoms with Crippen LogP contribution in [0.15, 0.2) is 53.8 Å². The van der Waals surface area contributed by atoms with Crippen molar-refractivity contribution in [3.8, 4) is 5.75 Å². The molecule has 0 radical (unpaired) electrons. The highest BCUT2D eigenvalue weighted by Crippen LogP contribution is 2.12. The number of nitrogens with zero attached hydrogens (tertiary/aromatic N) is 3. The molecule has 106 valence electrons. The van der Waals surface area contributed by atoms with Gasteiger partial charge in [-0.05, 0) is 30.2 Å². The molecule has 21 heavy (non-hydrogen) atoms. The van der Waals surface area contributed by atoms with E-state index in [-0.39, 0.29) is 5.56 Å². The minimum atomic E-state index is -0.0316. The molecule has 3 aromatic rings.